The maximum Gasteiger partial charge on any atom is 0.324 e. The maximum atomic E-state index is 14.0. The van der Waals surface area contributed by atoms with Crippen LogP contribution >= 0.6 is 0 Å². The molecule has 4 heteroatoms. The normalized spacial score (nSPS) is 18.3. The molecule has 0 saturated carbocycles. The SMILES string of the molecule is CCCCC1=[N+]([O-])C(C)(C(Cc2ccccc2)C(C)=O)OC1=C(c1ccccc1)c1ccccc1. The van der Waals surface area contributed by atoms with Crippen molar-refractivity contribution in [2.75, 3.05) is 0 Å². The van der Waals surface area contributed by atoms with Gasteiger partial charge in [-0.3, -0.25) is 4.79 Å². The largest absolute Gasteiger partial charge is 0.621 e. The molecule has 0 aliphatic carbocycles. The van der Waals surface area contributed by atoms with Crippen LogP contribution in [0.1, 0.15) is 56.7 Å². The van der Waals surface area contributed by atoms with Crippen LogP contribution in [0.5, 0.6) is 0 Å². The minimum atomic E-state index is -1.34. The van der Waals surface area contributed by atoms with Gasteiger partial charge in [-0.05, 0) is 36.5 Å². The molecule has 4 nitrogen and oxygen atoms in total. The van der Waals surface area contributed by atoms with E-state index in [1.54, 1.807) is 13.8 Å². The van der Waals surface area contributed by atoms with Gasteiger partial charge in [0.2, 0.25) is 11.5 Å². The molecular formula is C31H33NO3. The lowest BCUT2D eigenvalue weighted by molar-refractivity contribution is -0.595. The number of carbonyl (C=O) groups excluding carboxylic acids is 1. The van der Waals surface area contributed by atoms with Crippen LogP contribution in [0.4, 0.5) is 0 Å². The van der Waals surface area contributed by atoms with Crippen LogP contribution in [0.15, 0.2) is 96.8 Å². The molecule has 0 saturated heterocycles. The molecular weight excluding hydrogens is 434 g/mol. The molecule has 35 heavy (non-hydrogen) atoms. The summed E-state index contributed by atoms with van der Waals surface area (Å²) < 4.78 is 7.66. The van der Waals surface area contributed by atoms with Crippen molar-refractivity contribution in [2.24, 2.45) is 5.92 Å². The lowest BCUT2D eigenvalue weighted by Gasteiger charge is -2.30. The number of hydrogen-bond donors (Lipinski definition) is 0. The first kappa shape index (κ1) is 24.5. The Morgan fingerprint density at radius 1 is 0.914 bits per heavy atom. The van der Waals surface area contributed by atoms with Crippen molar-refractivity contribution in [3.05, 3.63) is 119 Å². The predicted molar refractivity (Wildman–Crippen MR) is 141 cm³/mol. The number of nitrogens with zero attached hydrogens (tertiary/aromatic N) is 1. The van der Waals surface area contributed by atoms with Gasteiger partial charge in [0.15, 0.2) is 0 Å². The smallest absolute Gasteiger partial charge is 0.324 e. The summed E-state index contributed by atoms with van der Waals surface area (Å²) in [7, 11) is 0. The van der Waals surface area contributed by atoms with E-state index in [0.717, 1.165) is 39.8 Å². The zero-order chi connectivity index (χ0) is 24.8. The van der Waals surface area contributed by atoms with Crippen LogP contribution in [0.3, 0.4) is 0 Å². The second-order valence-electron chi connectivity index (χ2n) is 9.29. The van der Waals surface area contributed by atoms with Crippen molar-refractivity contribution in [2.45, 2.75) is 52.2 Å². The fraction of sp³-hybridized carbons (Fsp3) is 0.290. The summed E-state index contributed by atoms with van der Waals surface area (Å²) in [5, 5.41) is 14.0. The number of Topliss-reactive ketones (excluding diaryl/α,β-unsaturated/α-hetero) is 1. The van der Waals surface area contributed by atoms with Gasteiger partial charge in [-0.2, -0.15) is 4.74 Å². The molecule has 0 aromatic heterocycles. The Morgan fingerprint density at radius 2 is 1.43 bits per heavy atom. The van der Waals surface area contributed by atoms with Crippen LogP contribution in [0.2, 0.25) is 0 Å². The van der Waals surface area contributed by atoms with Crippen LogP contribution in [0, 0.1) is 11.1 Å². The van der Waals surface area contributed by atoms with Gasteiger partial charge in [-0.1, -0.05) is 104 Å². The number of hydrogen-bond acceptors (Lipinski definition) is 3. The summed E-state index contributed by atoms with van der Waals surface area (Å²) in [6.45, 7) is 5.43. The Labute approximate surface area is 208 Å². The standard InChI is InChI=1S/C31H33NO3/c1-4-5-21-28-30(29(25-17-11-7-12-18-25)26-19-13-8-14-20-26)35-31(3,32(28)34)27(23(2)33)22-24-15-9-6-10-16-24/h6-20,27H,4-5,21-22H2,1-3H3. The molecule has 3 aromatic carbocycles. The Kier molecular flexibility index (Phi) is 7.50. The topological polar surface area (TPSA) is 52.4 Å². The van der Waals surface area contributed by atoms with E-state index in [1.807, 2.05) is 91.0 Å². The number of carbonyl (C=O) groups is 1. The molecule has 1 aliphatic heterocycles. The zero-order valence-electron chi connectivity index (χ0n) is 20.7. The molecule has 3 aromatic rings. The van der Waals surface area contributed by atoms with Crippen molar-refractivity contribution in [3.8, 4) is 0 Å². The van der Waals surface area contributed by atoms with E-state index in [2.05, 4.69) is 6.92 Å². The first-order chi connectivity index (χ1) is 17.0. The van der Waals surface area contributed by atoms with E-state index < -0.39 is 11.6 Å². The van der Waals surface area contributed by atoms with E-state index in [0.29, 0.717) is 24.3 Å². The second kappa shape index (κ2) is 10.7. The average molecular weight is 468 g/mol. The number of hydroxylamine groups is 1. The maximum absolute atomic E-state index is 14.0. The molecule has 2 atom stereocenters. The monoisotopic (exact) mass is 467 g/mol. The molecule has 1 heterocycles. The third-order valence-corrected chi connectivity index (χ3v) is 6.76. The fourth-order valence-electron chi connectivity index (χ4n) is 4.83. The molecule has 0 fully saturated rings. The minimum Gasteiger partial charge on any atom is -0.621 e. The lowest BCUT2D eigenvalue weighted by Crippen LogP contribution is -2.47. The van der Waals surface area contributed by atoms with Gasteiger partial charge in [0.1, 0.15) is 11.7 Å². The first-order valence-corrected chi connectivity index (χ1v) is 12.4. The summed E-state index contributed by atoms with van der Waals surface area (Å²) >= 11 is 0. The van der Waals surface area contributed by atoms with Crippen molar-refractivity contribution >= 4 is 17.1 Å². The summed E-state index contributed by atoms with van der Waals surface area (Å²) in [6, 6.07) is 29.9. The molecule has 0 radical (unpaired) electrons. The summed E-state index contributed by atoms with van der Waals surface area (Å²) in [4.78, 5) is 13.0. The van der Waals surface area contributed by atoms with Gasteiger partial charge in [0.25, 0.3) is 0 Å². The van der Waals surface area contributed by atoms with Gasteiger partial charge in [-0.25, -0.2) is 0 Å². The van der Waals surface area contributed by atoms with E-state index >= 15 is 0 Å². The van der Waals surface area contributed by atoms with Crippen LogP contribution < -0.4 is 0 Å². The van der Waals surface area contributed by atoms with E-state index in [-0.39, 0.29) is 5.78 Å². The highest BCUT2D eigenvalue weighted by molar-refractivity contribution is 6.05. The van der Waals surface area contributed by atoms with Gasteiger partial charge >= 0.3 is 5.72 Å². The number of allylic oxidation sites excluding steroid dienone is 1. The van der Waals surface area contributed by atoms with E-state index in [9.17, 15) is 10.0 Å². The molecule has 0 bridgehead atoms. The number of benzene rings is 3. The highest BCUT2D eigenvalue weighted by Gasteiger charge is 2.55. The number of ether oxygens (including phenoxy) is 1. The molecule has 0 N–H and O–H groups in total. The first-order valence-electron chi connectivity index (χ1n) is 12.4. The van der Waals surface area contributed by atoms with Crippen LogP contribution in [-0.4, -0.2) is 22.0 Å². The molecule has 2 unspecified atom stereocenters. The zero-order valence-corrected chi connectivity index (χ0v) is 20.7. The molecule has 180 valence electrons. The van der Waals surface area contributed by atoms with Gasteiger partial charge in [0, 0.05) is 18.9 Å². The number of ketones is 1. The fourth-order valence-corrected chi connectivity index (χ4v) is 4.83. The lowest BCUT2D eigenvalue weighted by atomic mass is 9.87. The third kappa shape index (κ3) is 5.07. The number of rotatable bonds is 9. The quantitative estimate of drug-likeness (QED) is 0.257. The molecule has 4 rings (SSSR count). The van der Waals surface area contributed by atoms with Gasteiger partial charge in [-0.15, -0.1) is 0 Å². The van der Waals surface area contributed by atoms with Crippen molar-refractivity contribution in [1.82, 2.24) is 0 Å². The summed E-state index contributed by atoms with van der Waals surface area (Å²) in [5.41, 5.74) is 3.10. The molecule has 1 aliphatic rings. The second-order valence-corrected chi connectivity index (χ2v) is 9.29. The minimum absolute atomic E-state index is 0.0609. The van der Waals surface area contributed by atoms with Crippen molar-refractivity contribution in [1.29, 1.82) is 0 Å². The van der Waals surface area contributed by atoms with E-state index in [1.165, 1.54) is 0 Å². The Morgan fingerprint density at radius 3 is 1.91 bits per heavy atom. The van der Waals surface area contributed by atoms with Gasteiger partial charge in [0.05, 0.1) is 0 Å². The molecule has 0 spiro atoms. The van der Waals surface area contributed by atoms with Crippen LogP contribution in [-0.2, 0) is 16.0 Å². The van der Waals surface area contributed by atoms with Gasteiger partial charge < -0.3 is 9.94 Å². The Bertz CT molecular complexity index is 1170. The van der Waals surface area contributed by atoms with E-state index in [4.69, 9.17) is 4.74 Å². The van der Waals surface area contributed by atoms with Crippen LogP contribution in [0.25, 0.3) is 5.57 Å². The Hall–Kier alpha value is -3.66. The van der Waals surface area contributed by atoms with Crippen molar-refractivity contribution < 1.29 is 14.3 Å². The highest BCUT2D eigenvalue weighted by atomic mass is 16.6. The third-order valence-electron chi connectivity index (χ3n) is 6.76. The van der Waals surface area contributed by atoms with Crippen molar-refractivity contribution in [3.63, 3.8) is 0 Å². The average Bonchev–Trinajstić information content (AvgIpc) is 3.13. The summed E-state index contributed by atoms with van der Waals surface area (Å²) in [5.74, 6) is -0.105. The predicted octanol–water partition coefficient (Wildman–Crippen LogP) is 6.78. The Balaban J connectivity index is 1.90. The molecule has 0 amide bonds. The number of unbranched alkanes of at least 4 members (excludes halogenated alkanes) is 1. The summed E-state index contributed by atoms with van der Waals surface area (Å²) in [6.07, 6.45) is 2.83. The highest BCUT2D eigenvalue weighted by Crippen LogP contribution is 2.40.